The van der Waals surface area contributed by atoms with Crippen molar-refractivity contribution in [1.82, 2.24) is 4.90 Å². The van der Waals surface area contributed by atoms with Crippen LogP contribution in [0.25, 0.3) is 0 Å². The first-order chi connectivity index (χ1) is 12.9. The molecule has 0 aromatic heterocycles. The van der Waals surface area contributed by atoms with Crippen molar-refractivity contribution in [2.75, 3.05) is 0 Å². The van der Waals surface area contributed by atoms with Crippen LogP contribution in [-0.4, -0.2) is 22.8 Å². The van der Waals surface area contributed by atoms with E-state index >= 15 is 0 Å². The van der Waals surface area contributed by atoms with E-state index in [2.05, 4.69) is 4.90 Å². The zero-order chi connectivity index (χ0) is 19.3. The lowest BCUT2D eigenvalue weighted by atomic mass is 9.89. The van der Waals surface area contributed by atoms with Gasteiger partial charge in [-0.25, -0.2) is 0 Å². The summed E-state index contributed by atoms with van der Waals surface area (Å²) in [5.74, 6) is -0.236. The van der Waals surface area contributed by atoms with Crippen molar-refractivity contribution < 1.29 is 18.0 Å². The predicted molar refractivity (Wildman–Crippen MR) is 100 cm³/mol. The average Bonchev–Trinajstić information content (AvgIpc) is 2.69. The van der Waals surface area contributed by atoms with Gasteiger partial charge in [0, 0.05) is 29.9 Å². The van der Waals surface area contributed by atoms with Gasteiger partial charge in [0.2, 0.25) is 0 Å². The number of ketones is 1. The monoisotopic (exact) mass is 379 g/mol. The van der Waals surface area contributed by atoms with Crippen molar-refractivity contribution in [3.8, 4) is 0 Å². The molecule has 0 atom stereocenters. The highest BCUT2D eigenvalue weighted by Gasteiger charge is 2.30. The van der Waals surface area contributed by atoms with Crippen LogP contribution in [0, 0.1) is 0 Å². The van der Waals surface area contributed by atoms with E-state index < -0.39 is 11.7 Å². The summed E-state index contributed by atoms with van der Waals surface area (Å²) in [7, 11) is 0. The Morgan fingerprint density at radius 1 is 0.852 bits per heavy atom. The molecule has 2 nitrogen and oxygen atoms in total. The highest BCUT2D eigenvalue weighted by atomic mass is 19.4. The molecule has 2 aliphatic carbocycles. The number of carbonyl (C=O) groups is 1. The van der Waals surface area contributed by atoms with E-state index in [9.17, 15) is 18.0 Å². The molecule has 0 bridgehead atoms. The first-order valence-electron chi connectivity index (χ1n) is 10.1. The van der Waals surface area contributed by atoms with E-state index in [1.165, 1.54) is 50.7 Å². The molecule has 0 saturated heterocycles. The van der Waals surface area contributed by atoms with Crippen LogP contribution in [0.1, 0.15) is 80.1 Å². The zero-order valence-corrected chi connectivity index (χ0v) is 15.7. The lowest BCUT2D eigenvalue weighted by Gasteiger charge is -2.41. The van der Waals surface area contributed by atoms with E-state index in [4.69, 9.17) is 0 Å². The lowest BCUT2D eigenvalue weighted by Crippen LogP contribution is -2.41. The Hall–Kier alpha value is -1.78. The van der Waals surface area contributed by atoms with Crippen LogP contribution in [0.2, 0.25) is 0 Å². The number of hydrogen-bond donors (Lipinski definition) is 0. The number of benzene rings is 1. The van der Waals surface area contributed by atoms with Crippen LogP contribution in [0.4, 0.5) is 13.2 Å². The minimum Gasteiger partial charge on any atom is -0.371 e. The first kappa shape index (κ1) is 20.0. The third-order valence-electron chi connectivity index (χ3n) is 5.89. The van der Waals surface area contributed by atoms with Crippen LogP contribution in [0.15, 0.2) is 36.5 Å². The molecule has 1 aromatic carbocycles. The summed E-state index contributed by atoms with van der Waals surface area (Å²) in [5.41, 5.74) is -0.430. The van der Waals surface area contributed by atoms with Gasteiger partial charge in [0.15, 0.2) is 5.78 Å². The molecule has 0 spiro atoms. The van der Waals surface area contributed by atoms with E-state index in [0.717, 1.165) is 37.8 Å². The molecule has 0 radical (unpaired) electrons. The number of nitrogens with zero attached hydrogens (tertiary/aromatic N) is 1. The van der Waals surface area contributed by atoms with Crippen molar-refractivity contribution in [1.29, 1.82) is 0 Å². The Morgan fingerprint density at radius 3 is 1.78 bits per heavy atom. The molecular weight excluding hydrogens is 351 g/mol. The molecule has 148 valence electrons. The minimum absolute atomic E-state index is 0.236. The third kappa shape index (κ3) is 5.36. The van der Waals surface area contributed by atoms with E-state index in [1.54, 1.807) is 6.08 Å². The fourth-order valence-corrected chi connectivity index (χ4v) is 4.37. The minimum atomic E-state index is -4.38. The molecule has 0 amide bonds. The SMILES string of the molecule is O=C(/C=C/N(C1CCCCC1)C1CCCCC1)c1ccc(C(F)(F)F)cc1. The predicted octanol–water partition coefficient (Wildman–Crippen LogP) is 6.37. The van der Waals surface area contributed by atoms with Crippen LogP contribution in [0.3, 0.4) is 0 Å². The van der Waals surface area contributed by atoms with Crippen LogP contribution < -0.4 is 0 Å². The molecule has 0 N–H and O–H groups in total. The van der Waals surface area contributed by atoms with Gasteiger partial charge in [0.1, 0.15) is 0 Å². The van der Waals surface area contributed by atoms with E-state index in [0.29, 0.717) is 17.6 Å². The number of allylic oxidation sites excluding steroid dienone is 1. The fourth-order valence-electron chi connectivity index (χ4n) is 4.37. The molecule has 2 fully saturated rings. The molecule has 2 saturated carbocycles. The van der Waals surface area contributed by atoms with Crippen molar-refractivity contribution in [3.05, 3.63) is 47.7 Å². The Labute approximate surface area is 159 Å². The normalized spacial score (nSPS) is 20.1. The molecular formula is C22H28F3NO. The van der Waals surface area contributed by atoms with Gasteiger partial charge in [0.05, 0.1) is 5.56 Å². The van der Waals surface area contributed by atoms with Crippen LogP contribution in [0.5, 0.6) is 0 Å². The molecule has 1 aromatic rings. The summed E-state index contributed by atoms with van der Waals surface area (Å²) >= 11 is 0. The van der Waals surface area contributed by atoms with Gasteiger partial charge in [0.25, 0.3) is 0 Å². The maximum absolute atomic E-state index is 12.7. The Kier molecular flexibility index (Phi) is 6.61. The highest BCUT2D eigenvalue weighted by Crippen LogP contribution is 2.31. The molecule has 27 heavy (non-hydrogen) atoms. The number of hydrogen-bond acceptors (Lipinski definition) is 2. The number of alkyl halides is 3. The largest absolute Gasteiger partial charge is 0.416 e. The topological polar surface area (TPSA) is 20.3 Å². The second-order valence-electron chi connectivity index (χ2n) is 7.79. The van der Waals surface area contributed by atoms with Gasteiger partial charge < -0.3 is 4.90 Å². The second kappa shape index (κ2) is 8.94. The summed E-state index contributed by atoms with van der Waals surface area (Å²) < 4.78 is 38.0. The van der Waals surface area contributed by atoms with Gasteiger partial charge in [-0.05, 0) is 37.8 Å². The standard InChI is InChI=1S/C22H28F3NO/c23-22(24,25)18-13-11-17(12-14-18)21(27)15-16-26(19-7-3-1-4-8-19)20-9-5-2-6-10-20/h11-16,19-20H,1-10H2/b16-15+. The molecule has 0 heterocycles. The van der Waals surface area contributed by atoms with Crippen molar-refractivity contribution in [2.45, 2.75) is 82.5 Å². The highest BCUT2D eigenvalue weighted by molar-refractivity contribution is 6.04. The van der Waals surface area contributed by atoms with E-state index in [1.807, 2.05) is 6.20 Å². The number of halogens is 3. The third-order valence-corrected chi connectivity index (χ3v) is 5.89. The van der Waals surface area contributed by atoms with Gasteiger partial charge in [-0.2, -0.15) is 13.2 Å². The van der Waals surface area contributed by atoms with Crippen molar-refractivity contribution >= 4 is 5.78 Å². The molecule has 0 unspecified atom stereocenters. The summed E-state index contributed by atoms with van der Waals surface area (Å²) in [5, 5.41) is 0. The van der Waals surface area contributed by atoms with Crippen molar-refractivity contribution in [2.24, 2.45) is 0 Å². The molecule has 3 rings (SSSR count). The first-order valence-corrected chi connectivity index (χ1v) is 10.1. The van der Waals surface area contributed by atoms with Crippen LogP contribution in [-0.2, 0) is 6.18 Å². The Balaban J connectivity index is 1.71. The zero-order valence-electron chi connectivity index (χ0n) is 15.7. The molecule has 5 heteroatoms. The summed E-state index contributed by atoms with van der Waals surface area (Å²) in [6.07, 6.45) is 11.2. The second-order valence-corrected chi connectivity index (χ2v) is 7.79. The summed E-state index contributed by atoms with van der Waals surface area (Å²) in [6.45, 7) is 0. The molecule has 0 aliphatic heterocycles. The lowest BCUT2D eigenvalue weighted by molar-refractivity contribution is -0.137. The number of rotatable bonds is 5. The molecule has 2 aliphatic rings. The summed E-state index contributed by atoms with van der Waals surface area (Å²) in [6, 6.07) is 5.45. The smallest absolute Gasteiger partial charge is 0.371 e. The van der Waals surface area contributed by atoms with Gasteiger partial charge >= 0.3 is 6.18 Å². The average molecular weight is 379 g/mol. The Bertz CT molecular complexity index is 621. The fraction of sp³-hybridized carbons (Fsp3) is 0.591. The number of carbonyl (C=O) groups excluding carboxylic acids is 1. The van der Waals surface area contributed by atoms with Crippen LogP contribution >= 0.6 is 0 Å². The summed E-state index contributed by atoms with van der Waals surface area (Å²) in [4.78, 5) is 14.9. The van der Waals surface area contributed by atoms with E-state index in [-0.39, 0.29) is 5.78 Å². The Morgan fingerprint density at radius 2 is 1.33 bits per heavy atom. The quantitative estimate of drug-likeness (QED) is 0.438. The van der Waals surface area contributed by atoms with Gasteiger partial charge in [-0.1, -0.05) is 50.7 Å². The van der Waals surface area contributed by atoms with Gasteiger partial charge in [-0.15, -0.1) is 0 Å². The maximum Gasteiger partial charge on any atom is 0.416 e. The maximum atomic E-state index is 12.7. The van der Waals surface area contributed by atoms with Crippen molar-refractivity contribution in [3.63, 3.8) is 0 Å². The van der Waals surface area contributed by atoms with Gasteiger partial charge in [-0.3, -0.25) is 4.79 Å².